The van der Waals surface area contributed by atoms with Gasteiger partial charge < -0.3 is 15.6 Å². The third-order valence-corrected chi connectivity index (χ3v) is 2.95. The van der Waals surface area contributed by atoms with Crippen molar-refractivity contribution in [2.24, 2.45) is 5.73 Å². The van der Waals surface area contributed by atoms with Crippen LogP contribution < -0.4 is 11.1 Å². The highest BCUT2D eigenvalue weighted by Gasteiger charge is 2.03. The monoisotopic (exact) mass is 238 g/mol. The normalized spacial score (nSPS) is 12.9. The van der Waals surface area contributed by atoms with Gasteiger partial charge in [0, 0.05) is 31.9 Å². The van der Waals surface area contributed by atoms with Gasteiger partial charge in [-0.1, -0.05) is 26.2 Å². The molecule has 3 N–H and O–H groups in total. The van der Waals surface area contributed by atoms with Crippen molar-refractivity contribution >= 4 is 0 Å². The number of hydrogen-bond donors (Lipinski definition) is 2. The van der Waals surface area contributed by atoms with Gasteiger partial charge >= 0.3 is 0 Å². The topological polar surface area (TPSA) is 55.9 Å². The summed E-state index contributed by atoms with van der Waals surface area (Å²) in [6, 6.07) is 0.571. The zero-order valence-corrected chi connectivity index (χ0v) is 11.2. The SMILES string of the molecule is CCCCCC(C)NCc1cn(CCN)cn1. The van der Waals surface area contributed by atoms with Crippen LogP contribution in [0.1, 0.15) is 45.2 Å². The van der Waals surface area contributed by atoms with E-state index in [0.29, 0.717) is 12.6 Å². The highest BCUT2D eigenvalue weighted by atomic mass is 15.1. The Morgan fingerprint density at radius 1 is 1.47 bits per heavy atom. The molecule has 0 aliphatic carbocycles. The molecular weight excluding hydrogens is 212 g/mol. The number of imidazole rings is 1. The van der Waals surface area contributed by atoms with Gasteiger partial charge in [0.05, 0.1) is 12.0 Å². The fraction of sp³-hybridized carbons (Fsp3) is 0.769. The standard InChI is InChI=1S/C13H26N4/c1-3-4-5-6-12(2)15-9-13-10-17(8-7-14)11-16-13/h10-12,15H,3-9,14H2,1-2H3. The van der Waals surface area contributed by atoms with Crippen LogP contribution in [0.3, 0.4) is 0 Å². The zero-order valence-electron chi connectivity index (χ0n) is 11.2. The second kappa shape index (κ2) is 8.25. The first-order chi connectivity index (χ1) is 8.26. The molecule has 4 nitrogen and oxygen atoms in total. The van der Waals surface area contributed by atoms with Crippen LogP contribution in [-0.2, 0) is 13.1 Å². The minimum Gasteiger partial charge on any atom is -0.336 e. The van der Waals surface area contributed by atoms with Crippen molar-refractivity contribution < 1.29 is 0 Å². The molecule has 0 amide bonds. The van der Waals surface area contributed by atoms with E-state index in [0.717, 1.165) is 18.8 Å². The van der Waals surface area contributed by atoms with E-state index in [2.05, 4.69) is 30.3 Å². The predicted molar refractivity (Wildman–Crippen MR) is 71.7 cm³/mol. The lowest BCUT2D eigenvalue weighted by Gasteiger charge is -2.12. The van der Waals surface area contributed by atoms with Crippen LogP contribution in [0.15, 0.2) is 12.5 Å². The zero-order chi connectivity index (χ0) is 12.5. The fourth-order valence-electron chi connectivity index (χ4n) is 1.85. The minimum atomic E-state index is 0.571. The smallest absolute Gasteiger partial charge is 0.0950 e. The Kier molecular flexibility index (Phi) is 6.89. The van der Waals surface area contributed by atoms with E-state index in [1.807, 2.05) is 10.9 Å². The van der Waals surface area contributed by atoms with Gasteiger partial charge in [0.1, 0.15) is 0 Å². The van der Waals surface area contributed by atoms with Gasteiger partial charge in [0.15, 0.2) is 0 Å². The summed E-state index contributed by atoms with van der Waals surface area (Å²) in [4.78, 5) is 4.35. The van der Waals surface area contributed by atoms with E-state index in [1.54, 1.807) is 0 Å². The molecule has 0 aliphatic heterocycles. The van der Waals surface area contributed by atoms with Crippen LogP contribution in [0.5, 0.6) is 0 Å². The molecule has 1 aromatic heterocycles. The molecule has 1 unspecified atom stereocenters. The van der Waals surface area contributed by atoms with Gasteiger partial charge in [-0.2, -0.15) is 0 Å². The molecule has 0 saturated heterocycles. The van der Waals surface area contributed by atoms with Gasteiger partial charge in [0.25, 0.3) is 0 Å². The Labute approximate surface area is 105 Å². The van der Waals surface area contributed by atoms with Crippen LogP contribution >= 0.6 is 0 Å². The van der Waals surface area contributed by atoms with Gasteiger partial charge in [-0.15, -0.1) is 0 Å². The van der Waals surface area contributed by atoms with Crippen LogP contribution in [0.4, 0.5) is 0 Å². The molecular formula is C13H26N4. The van der Waals surface area contributed by atoms with Crippen LogP contribution in [0, 0.1) is 0 Å². The van der Waals surface area contributed by atoms with Crippen LogP contribution in [0.2, 0.25) is 0 Å². The third-order valence-electron chi connectivity index (χ3n) is 2.95. The Hall–Kier alpha value is -0.870. The number of nitrogens with zero attached hydrogens (tertiary/aromatic N) is 2. The number of aromatic nitrogens is 2. The van der Waals surface area contributed by atoms with Crippen molar-refractivity contribution in [3.63, 3.8) is 0 Å². The Balaban J connectivity index is 2.19. The molecule has 98 valence electrons. The molecule has 17 heavy (non-hydrogen) atoms. The number of nitrogens with two attached hydrogens (primary N) is 1. The van der Waals surface area contributed by atoms with Gasteiger partial charge in [0.2, 0.25) is 0 Å². The Morgan fingerprint density at radius 3 is 3.00 bits per heavy atom. The highest BCUT2D eigenvalue weighted by Crippen LogP contribution is 2.04. The predicted octanol–water partition coefficient (Wildman–Crippen LogP) is 1.90. The number of unbranched alkanes of at least 4 members (excludes halogenated alkanes) is 2. The molecule has 1 atom stereocenters. The second-order valence-electron chi connectivity index (χ2n) is 4.67. The second-order valence-corrected chi connectivity index (χ2v) is 4.67. The summed E-state index contributed by atoms with van der Waals surface area (Å²) in [5, 5.41) is 3.51. The van der Waals surface area contributed by atoms with E-state index in [1.165, 1.54) is 25.7 Å². The molecule has 1 rings (SSSR count). The lowest BCUT2D eigenvalue weighted by atomic mass is 10.1. The minimum absolute atomic E-state index is 0.571. The number of rotatable bonds is 9. The van der Waals surface area contributed by atoms with Gasteiger partial charge in [-0.25, -0.2) is 4.98 Å². The summed E-state index contributed by atoms with van der Waals surface area (Å²) in [5.74, 6) is 0. The molecule has 0 radical (unpaired) electrons. The van der Waals surface area contributed by atoms with Crippen molar-refractivity contribution in [2.75, 3.05) is 6.54 Å². The van der Waals surface area contributed by atoms with Crippen molar-refractivity contribution in [1.29, 1.82) is 0 Å². The van der Waals surface area contributed by atoms with E-state index in [4.69, 9.17) is 5.73 Å². The third kappa shape index (κ3) is 5.84. The van der Waals surface area contributed by atoms with E-state index in [-0.39, 0.29) is 0 Å². The maximum absolute atomic E-state index is 5.50. The number of hydrogen-bond acceptors (Lipinski definition) is 3. The average molecular weight is 238 g/mol. The summed E-state index contributed by atoms with van der Waals surface area (Å²) >= 11 is 0. The molecule has 0 spiro atoms. The molecule has 0 bridgehead atoms. The van der Waals surface area contributed by atoms with Crippen LogP contribution in [0.25, 0.3) is 0 Å². The highest BCUT2D eigenvalue weighted by molar-refractivity contribution is 4.96. The van der Waals surface area contributed by atoms with E-state index in [9.17, 15) is 0 Å². The van der Waals surface area contributed by atoms with Crippen molar-refractivity contribution in [3.05, 3.63) is 18.2 Å². The quantitative estimate of drug-likeness (QED) is 0.646. The first-order valence-corrected chi connectivity index (χ1v) is 6.70. The summed E-state index contributed by atoms with van der Waals surface area (Å²) < 4.78 is 2.04. The molecule has 4 heteroatoms. The van der Waals surface area contributed by atoms with Crippen molar-refractivity contribution in [2.45, 2.75) is 58.7 Å². The van der Waals surface area contributed by atoms with Gasteiger partial charge in [-0.3, -0.25) is 0 Å². The van der Waals surface area contributed by atoms with Crippen molar-refractivity contribution in [3.8, 4) is 0 Å². The van der Waals surface area contributed by atoms with E-state index < -0.39 is 0 Å². The summed E-state index contributed by atoms with van der Waals surface area (Å²) in [5.41, 5.74) is 6.59. The molecule has 0 fully saturated rings. The lowest BCUT2D eigenvalue weighted by molar-refractivity contribution is 0.484. The van der Waals surface area contributed by atoms with E-state index >= 15 is 0 Å². The Morgan fingerprint density at radius 2 is 2.29 bits per heavy atom. The van der Waals surface area contributed by atoms with Gasteiger partial charge in [-0.05, 0) is 13.3 Å². The number of nitrogens with one attached hydrogen (secondary N) is 1. The van der Waals surface area contributed by atoms with Crippen LogP contribution in [-0.4, -0.2) is 22.1 Å². The van der Waals surface area contributed by atoms with Crippen molar-refractivity contribution in [1.82, 2.24) is 14.9 Å². The summed E-state index contributed by atoms with van der Waals surface area (Å²) in [6.07, 6.45) is 9.10. The molecule has 1 heterocycles. The largest absolute Gasteiger partial charge is 0.336 e. The fourth-order valence-corrected chi connectivity index (χ4v) is 1.85. The molecule has 1 aromatic rings. The first-order valence-electron chi connectivity index (χ1n) is 6.70. The summed E-state index contributed by atoms with van der Waals surface area (Å²) in [7, 11) is 0. The summed E-state index contributed by atoms with van der Waals surface area (Å²) in [6.45, 7) is 6.84. The molecule has 0 saturated carbocycles. The molecule has 0 aliphatic rings. The maximum Gasteiger partial charge on any atom is 0.0950 e. The average Bonchev–Trinajstić information content (AvgIpc) is 2.75. The maximum atomic E-state index is 5.50. The Bertz CT molecular complexity index is 295. The first kappa shape index (κ1) is 14.2. The molecule has 0 aromatic carbocycles. The lowest BCUT2D eigenvalue weighted by Crippen LogP contribution is -2.25.